The molecule has 494 valence electrons. The van der Waals surface area contributed by atoms with Crippen molar-refractivity contribution in [3.63, 3.8) is 0 Å². The number of hydrogen-bond donors (Lipinski definition) is 2. The van der Waals surface area contributed by atoms with Crippen molar-refractivity contribution in [2.24, 2.45) is 0 Å². The molecular formula is C77H135N2O6P. The number of phosphoric ester groups is 1. The smallest absolute Gasteiger partial charge is 0.268 e. The number of aliphatic hydroxyl groups excluding tert-OH is 1. The van der Waals surface area contributed by atoms with Crippen LogP contribution in [0.15, 0.2) is 134 Å². The van der Waals surface area contributed by atoms with E-state index >= 15 is 0 Å². The molecule has 0 radical (unpaired) electrons. The van der Waals surface area contributed by atoms with Crippen LogP contribution < -0.4 is 10.2 Å². The molecule has 0 spiro atoms. The Hall–Kier alpha value is -3.36. The number of rotatable bonds is 64. The number of allylic oxidation sites excluding steroid dienone is 21. The molecule has 0 aromatic rings. The van der Waals surface area contributed by atoms with Crippen LogP contribution >= 0.6 is 7.82 Å². The number of carbonyl (C=O) groups excluding carboxylic acids is 1. The quantitative estimate of drug-likeness (QED) is 0.0272. The fourth-order valence-corrected chi connectivity index (χ4v) is 10.6. The summed E-state index contributed by atoms with van der Waals surface area (Å²) in [4.78, 5) is 25.6. The number of unbranched alkanes of at least 4 members (excludes halogenated alkanes) is 31. The highest BCUT2D eigenvalue weighted by Gasteiger charge is 2.23. The van der Waals surface area contributed by atoms with E-state index in [1.165, 1.54) is 180 Å². The Balaban J connectivity index is 4.13. The first-order valence-electron chi connectivity index (χ1n) is 35.5. The second-order valence-corrected chi connectivity index (χ2v) is 26.2. The molecule has 1 amide bonds. The number of nitrogens with one attached hydrogen (secondary N) is 1. The van der Waals surface area contributed by atoms with Crippen molar-refractivity contribution in [3.05, 3.63) is 134 Å². The summed E-state index contributed by atoms with van der Waals surface area (Å²) >= 11 is 0. The number of nitrogens with zero attached hydrogens (tertiary/aromatic N) is 1. The molecule has 0 fully saturated rings. The Morgan fingerprint density at radius 3 is 1.08 bits per heavy atom. The number of hydrogen-bond acceptors (Lipinski definition) is 6. The lowest BCUT2D eigenvalue weighted by atomic mass is 10.0. The molecule has 0 aliphatic rings. The van der Waals surface area contributed by atoms with Crippen LogP contribution in [0.25, 0.3) is 0 Å². The lowest BCUT2D eigenvalue weighted by Crippen LogP contribution is -2.45. The topological polar surface area (TPSA) is 108 Å². The van der Waals surface area contributed by atoms with Gasteiger partial charge in [-0.05, 0) is 109 Å². The fourth-order valence-electron chi connectivity index (χ4n) is 9.85. The number of aliphatic hydroxyl groups is 1. The minimum atomic E-state index is -4.62. The van der Waals surface area contributed by atoms with Crippen LogP contribution in [0.1, 0.15) is 296 Å². The Bertz CT molecular complexity index is 1870. The zero-order valence-electron chi connectivity index (χ0n) is 56.5. The van der Waals surface area contributed by atoms with Crippen molar-refractivity contribution < 1.29 is 32.9 Å². The van der Waals surface area contributed by atoms with Crippen LogP contribution in [-0.4, -0.2) is 68.5 Å². The summed E-state index contributed by atoms with van der Waals surface area (Å²) in [6.07, 6.45) is 100. The SMILES string of the molecule is CC/C=C\C/C=C\C/C=C\C/C=C\C/C=C\C/C=C\C/C=C\C/C=C\CCCCCCCCCCCCCCCCC(=O)NC(COP(=O)([O-])OCC[N+](C)(C)C)C(O)/C=C/CC/C=C/CC/C=C/CCCCCCCCCCCCCCCCC. The van der Waals surface area contributed by atoms with Gasteiger partial charge in [-0.2, -0.15) is 0 Å². The normalized spacial score (nSPS) is 14.5. The zero-order valence-corrected chi connectivity index (χ0v) is 57.4. The van der Waals surface area contributed by atoms with Crippen molar-refractivity contribution in [3.8, 4) is 0 Å². The maximum absolute atomic E-state index is 13.0. The largest absolute Gasteiger partial charge is 0.756 e. The van der Waals surface area contributed by atoms with Gasteiger partial charge in [0.25, 0.3) is 7.82 Å². The Morgan fingerprint density at radius 2 is 0.721 bits per heavy atom. The third-order valence-electron chi connectivity index (χ3n) is 15.3. The molecule has 86 heavy (non-hydrogen) atoms. The van der Waals surface area contributed by atoms with Gasteiger partial charge in [-0.1, -0.05) is 314 Å². The van der Waals surface area contributed by atoms with Crippen LogP contribution in [-0.2, 0) is 18.4 Å². The number of phosphoric acid groups is 1. The Kier molecular flexibility index (Phi) is 63.5. The van der Waals surface area contributed by atoms with E-state index in [2.05, 4.69) is 141 Å². The van der Waals surface area contributed by atoms with Crippen LogP contribution in [0.4, 0.5) is 0 Å². The summed E-state index contributed by atoms with van der Waals surface area (Å²) in [7, 11) is 1.23. The lowest BCUT2D eigenvalue weighted by Gasteiger charge is -2.29. The average Bonchev–Trinajstić information content (AvgIpc) is 3.70. The third-order valence-corrected chi connectivity index (χ3v) is 16.3. The third kappa shape index (κ3) is 68.1. The molecule has 0 rings (SSSR count). The van der Waals surface area contributed by atoms with E-state index in [0.717, 1.165) is 96.3 Å². The standard InChI is InChI=1S/C77H135N2O6P/c1-6-8-10-12-14-16-18-20-22-24-26-28-30-32-33-34-35-36-37-38-39-40-41-42-43-44-45-47-49-51-53-55-57-59-61-63-65-67-69-71-77(81)78-75(74-85-86(82,83)84-73-72-79(3,4)5)76(80)70-68-66-64-62-60-58-56-54-52-50-48-46-31-29-27-25-23-21-19-17-15-13-11-9-7-2/h8,10,14,16,20,22,26,28,32-33,35-36,38-39,41-42,52,54,60,62,68,70,75-76,80H,6-7,9,11-13,15,17-19,21,23-25,27,29-31,34,37,40,43-51,53,55-59,61,63-67,69,71-74H2,1-5H3,(H-,78,81,82,83)/b10-8-,16-14-,22-20-,28-26-,33-32-,36-35-,39-38-,42-41-,54-52+,62-60+,70-68+. The van der Waals surface area contributed by atoms with Crippen LogP contribution in [0.3, 0.4) is 0 Å². The number of quaternary nitrogens is 1. The van der Waals surface area contributed by atoms with Gasteiger partial charge in [0.1, 0.15) is 13.2 Å². The van der Waals surface area contributed by atoms with Gasteiger partial charge in [-0.15, -0.1) is 0 Å². The summed E-state index contributed by atoms with van der Waals surface area (Å²) in [5.41, 5.74) is 0. The highest BCUT2D eigenvalue weighted by Crippen LogP contribution is 2.38. The first kappa shape index (κ1) is 82.6. The van der Waals surface area contributed by atoms with E-state index in [0.29, 0.717) is 17.4 Å². The minimum Gasteiger partial charge on any atom is -0.756 e. The maximum Gasteiger partial charge on any atom is 0.268 e. The summed E-state index contributed by atoms with van der Waals surface area (Å²) in [6, 6.07) is -0.920. The molecule has 0 aliphatic heterocycles. The molecule has 8 nitrogen and oxygen atoms in total. The van der Waals surface area contributed by atoms with E-state index < -0.39 is 26.6 Å². The summed E-state index contributed by atoms with van der Waals surface area (Å²) < 4.78 is 23.4. The predicted octanol–water partition coefficient (Wildman–Crippen LogP) is 22.4. The summed E-state index contributed by atoms with van der Waals surface area (Å²) in [5.74, 6) is -0.214. The van der Waals surface area contributed by atoms with E-state index in [-0.39, 0.29) is 12.5 Å². The van der Waals surface area contributed by atoms with Crippen molar-refractivity contribution in [2.75, 3.05) is 40.9 Å². The maximum atomic E-state index is 13.0. The molecule has 0 heterocycles. The van der Waals surface area contributed by atoms with Gasteiger partial charge < -0.3 is 28.8 Å². The van der Waals surface area contributed by atoms with Crippen molar-refractivity contribution in [2.45, 2.75) is 309 Å². The Morgan fingerprint density at radius 1 is 0.419 bits per heavy atom. The predicted molar refractivity (Wildman–Crippen MR) is 375 cm³/mol. The van der Waals surface area contributed by atoms with Gasteiger partial charge in [0, 0.05) is 6.42 Å². The number of likely N-dealkylation sites (N-methyl/N-ethyl adjacent to an activating group) is 1. The van der Waals surface area contributed by atoms with Crippen molar-refractivity contribution in [1.82, 2.24) is 5.32 Å². The molecule has 9 heteroatoms. The van der Waals surface area contributed by atoms with Gasteiger partial charge in [-0.25, -0.2) is 0 Å². The average molecular weight is 1220 g/mol. The fraction of sp³-hybridized carbons (Fsp3) is 0.701. The highest BCUT2D eigenvalue weighted by atomic mass is 31.2. The second-order valence-electron chi connectivity index (χ2n) is 24.8. The van der Waals surface area contributed by atoms with Crippen LogP contribution in [0, 0.1) is 0 Å². The zero-order chi connectivity index (χ0) is 62.6. The summed E-state index contributed by atoms with van der Waals surface area (Å²) in [5, 5.41) is 13.9. The molecule has 3 unspecified atom stereocenters. The lowest BCUT2D eigenvalue weighted by molar-refractivity contribution is -0.870. The van der Waals surface area contributed by atoms with Gasteiger partial charge in [0.15, 0.2) is 0 Å². The molecule has 0 aliphatic carbocycles. The van der Waals surface area contributed by atoms with E-state index in [1.54, 1.807) is 6.08 Å². The molecule has 3 atom stereocenters. The number of amides is 1. The molecule has 0 saturated heterocycles. The van der Waals surface area contributed by atoms with E-state index in [9.17, 15) is 19.4 Å². The van der Waals surface area contributed by atoms with Gasteiger partial charge in [0.05, 0.1) is 39.9 Å². The van der Waals surface area contributed by atoms with E-state index in [4.69, 9.17) is 9.05 Å². The van der Waals surface area contributed by atoms with Gasteiger partial charge in [-0.3, -0.25) is 9.36 Å². The molecule has 0 bridgehead atoms. The minimum absolute atomic E-state index is 0.0140. The van der Waals surface area contributed by atoms with Gasteiger partial charge >= 0.3 is 0 Å². The highest BCUT2D eigenvalue weighted by molar-refractivity contribution is 7.45. The molecule has 2 N–H and O–H groups in total. The first-order valence-corrected chi connectivity index (χ1v) is 37.0. The molecule has 0 aromatic carbocycles. The monoisotopic (exact) mass is 1220 g/mol. The first-order chi connectivity index (χ1) is 42.0. The van der Waals surface area contributed by atoms with Crippen LogP contribution in [0.5, 0.6) is 0 Å². The molecule has 0 aromatic heterocycles. The van der Waals surface area contributed by atoms with Crippen molar-refractivity contribution >= 4 is 13.7 Å². The van der Waals surface area contributed by atoms with E-state index in [1.807, 2.05) is 27.2 Å². The van der Waals surface area contributed by atoms with Crippen molar-refractivity contribution in [1.29, 1.82) is 0 Å². The summed E-state index contributed by atoms with van der Waals surface area (Å²) in [6.45, 7) is 4.52. The molecular weight excluding hydrogens is 1080 g/mol. The second kappa shape index (κ2) is 66.1. The number of carbonyl (C=O) groups is 1. The molecule has 0 saturated carbocycles. The Labute approximate surface area is 532 Å². The van der Waals surface area contributed by atoms with Crippen LogP contribution in [0.2, 0.25) is 0 Å². The van der Waals surface area contributed by atoms with Gasteiger partial charge in [0.2, 0.25) is 5.91 Å².